The molecule has 0 N–H and O–H groups in total. The van der Waals surface area contributed by atoms with Crippen molar-refractivity contribution in [3.63, 3.8) is 0 Å². The van der Waals surface area contributed by atoms with Gasteiger partial charge in [0.2, 0.25) is 0 Å². The zero-order chi connectivity index (χ0) is 19.8. The van der Waals surface area contributed by atoms with E-state index in [0.717, 1.165) is 22.6 Å². The van der Waals surface area contributed by atoms with Crippen LogP contribution < -0.4 is 4.90 Å². The Morgan fingerprint density at radius 3 is 2.25 bits per heavy atom. The number of carbonyl (C=O) groups excluding carboxylic acids is 2. The van der Waals surface area contributed by atoms with Gasteiger partial charge in [-0.25, -0.2) is 13.7 Å². The lowest BCUT2D eigenvalue weighted by Gasteiger charge is -2.29. The van der Waals surface area contributed by atoms with Gasteiger partial charge in [-0.15, -0.1) is 0 Å². The van der Waals surface area contributed by atoms with Gasteiger partial charge in [-0.2, -0.15) is 0 Å². The van der Waals surface area contributed by atoms with Crippen LogP contribution in [-0.2, 0) is 14.3 Å². The SMILES string of the molecule is Cc1ccc(C2=C(N3CCOCC3)C(=O)N(c3ccc(F)cc3F)C2=O)cc1. The fourth-order valence-electron chi connectivity index (χ4n) is 3.46. The van der Waals surface area contributed by atoms with Crippen LogP contribution in [0.25, 0.3) is 5.57 Å². The second-order valence-corrected chi connectivity index (χ2v) is 6.73. The zero-order valence-corrected chi connectivity index (χ0v) is 15.2. The molecule has 2 heterocycles. The number of nitrogens with zero attached hydrogens (tertiary/aromatic N) is 2. The molecule has 2 amide bonds. The maximum Gasteiger partial charge on any atom is 0.282 e. The van der Waals surface area contributed by atoms with Gasteiger partial charge < -0.3 is 9.64 Å². The van der Waals surface area contributed by atoms with E-state index in [9.17, 15) is 18.4 Å². The average molecular weight is 384 g/mol. The number of hydrogen-bond donors (Lipinski definition) is 0. The summed E-state index contributed by atoms with van der Waals surface area (Å²) in [5, 5.41) is 0. The molecule has 1 saturated heterocycles. The molecule has 0 saturated carbocycles. The summed E-state index contributed by atoms with van der Waals surface area (Å²) in [6.07, 6.45) is 0. The molecule has 2 aliphatic heterocycles. The summed E-state index contributed by atoms with van der Waals surface area (Å²) in [7, 11) is 0. The number of morpholine rings is 1. The highest BCUT2D eigenvalue weighted by Gasteiger charge is 2.43. The number of rotatable bonds is 3. The monoisotopic (exact) mass is 384 g/mol. The predicted octanol–water partition coefficient (Wildman–Crippen LogP) is 2.89. The average Bonchev–Trinajstić information content (AvgIpc) is 2.94. The van der Waals surface area contributed by atoms with Gasteiger partial charge in [0, 0.05) is 19.2 Å². The molecule has 0 spiro atoms. The number of benzene rings is 2. The Hall–Kier alpha value is -3.06. The van der Waals surface area contributed by atoms with Gasteiger partial charge in [0.05, 0.1) is 24.5 Å². The zero-order valence-electron chi connectivity index (χ0n) is 15.2. The van der Waals surface area contributed by atoms with E-state index < -0.39 is 23.4 Å². The lowest BCUT2D eigenvalue weighted by Crippen LogP contribution is -2.40. The van der Waals surface area contributed by atoms with Gasteiger partial charge in [0.25, 0.3) is 11.8 Å². The fraction of sp³-hybridized carbons (Fsp3) is 0.238. The van der Waals surface area contributed by atoms with E-state index in [2.05, 4.69) is 0 Å². The van der Waals surface area contributed by atoms with Crippen molar-refractivity contribution in [2.45, 2.75) is 6.92 Å². The lowest BCUT2D eigenvalue weighted by molar-refractivity contribution is -0.121. The topological polar surface area (TPSA) is 49.9 Å². The van der Waals surface area contributed by atoms with Crippen molar-refractivity contribution in [2.75, 3.05) is 31.2 Å². The molecular weight excluding hydrogens is 366 g/mol. The Bertz CT molecular complexity index is 980. The van der Waals surface area contributed by atoms with Gasteiger partial charge in [-0.05, 0) is 24.6 Å². The largest absolute Gasteiger partial charge is 0.378 e. The van der Waals surface area contributed by atoms with Crippen molar-refractivity contribution in [2.24, 2.45) is 0 Å². The quantitative estimate of drug-likeness (QED) is 0.764. The number of hydrogen-bond acceptors (Lipinski definition) is 4. The second kappa shape index (κ2) is 7.16. The number of amides is 2. The van der Waals surface area contributed by atoms with Crippen molar-refractivity contribution in [1.82, 2.24) is 4.90 Å². The summed E-state index contributed by atoms with van der Waals surface area (Å²) in [6, 6.07) is 10.0. The molecule has 4 rings (SSSR count). The Morgan fingerprint density at radius 1 is 0.929 bits per heavy atom. The summed E-state index contributed by atoms with van der Waals surface area (Å²) >= 11 is 0. The molecule has 0 aromatic heterocycles. The van der Waals surface area contributed by atoms with Gasteiger partial charge in [0.1, 0.15) is 17.3 Å². The normalized spacial score (nSPS) is 17.7. The minimum Gasteiger partial charge on any atom is -0.378 e. The maximum atomic E-state index is 14.4. The van der Waals surface area contributed by atoms with E-state index in [1.807, 2.05) is 19.1 Å². The van der Waals surface area contributed by atoms with Crippen molar-refractivity contribution in [3.05, 3.63) is 70.9 Å². The standard InChI is InChI=1S/C21H18F2N2O3/c1-13-2-4-14(5-3-13)18-19(24-8-10-28-11-9-24)21(27)25(20(18)26)17-7-6-15(22)12-16(17)23/h2-7,12H,8-11H2,1H3. The number of imide groups is 1. The molecule has 28 heavy (non-hydrogen) atoms. The van der Waals surface area contributed by atoms with Crippen LogP contribution in [0.3, 0.4) is 0 Å². The van der Waals surface area contributed by atoms with E-state index in [1.54, 1.807) is 17.0 Å². The molecule has 0 aliphatic carbocycles. The molecule has 0 unspecified atom stereocenters. The molecule has 0 atom stereocenters. The summed E-state index contributed by atoms with van der Waals surface area (Å²) in [5.74, 6) is -2.98. The van der Waals surface area contributed by atoms with Crippen molar-refractivity contribution >= 4 is 23.1 Å². The van der Waals surface area contributed by atoms with E-state index in [0.29, 0.717) is 37.9 Å². The molecular formula is C21H18F2N2O3. The van der Waals surface area contributed by atoms with Crippen LogP contribution >= 0.6 is 0 Å². The highest BCUT2D eigenvalue weighted by atomic mass is 19.1. The van der Waals surface area contributed by atoms with Crippen molar-refractivity contribution < 1.29 is 23.1 Å². The van der Waals surface area contributed by atoms with Gasteiger partial charge in [-0.3, -0.25) is 9.59 Å². The molecule has 0 bridgehead atoms. The van der Waals surface area contributed by atoms with Crippen LogP contribution in [0, 0.1) is 18.6 Å². The molecule has 2 aromatic carbocycles. The van der Waals surface area contributed by atoms with Crippen molar-refractivity contribution in [1.29, 1.82) is 0 Å². The molecule has 1 fully saturated rings. The third-order valence-corrected chi connectivity index (χ3v) is 4.88. The molecule has 0 radical (unpaired) electrons. The first kappa shape index (κ1) is 18.3. The highest BCUT2D eigenvalue weighted by molar-refractivity contribution is 6.45. The smallest absolute Gasteiger partial charge is 0.282 e. The third-order valence-electron chi connectivity index (χ3n) is 4.88. The van der Waals surface area contributed by atoms with Crippen LogP contribution in [0.2, 0.25) is 0 Å². The van der Waals surface area contributed by atoms with Gasteiger partial charge in [0.15, 0.2) is 0 Å². The lowest BCUT2D eigenvalue weighted by atomic mass is 10.0. The Balaban J connectivity index is 1.84. The van der Waals surface area contributed by atoms with E-state index >= 15 is 0 Å². The van der Waals surface area contributed by atoms with Crippen molar-refractivity contribution in [3.8, 4) is 0 Å². The summed E-state index contributed by atoms with van der Waals surface area (Å²) in [6.45, 7) is 3.67. The van der Waals surface area contributed by atoms with Crippen LogP contribution in [0.1, 0.15) is 11.1 Å². The Labute approximate surface area is 160 Å². The summed E-state index contributed by atoms with van der Waals surface area (Å²) in [4.78, 5) is 29.0. The minimum atomic E-state index is -0.965. The van der Waals surface area contributed by atoms with Gasteiger partial charge >= 0.3 is 0 Å². The Morgan fingerprint density at radius 2 is 1.61 bits per heavy atom. The first-order valence-electron chi connectivity index (χ1n) is 8.95. The van der Waals surface area contributed by atoms with Crippen LogP contribution in [0.4, 0.5) is 14.5 Å². The number of anilines is 1. The molecule has 5 nitrogen and oxygen atoms in total. The maximum absolute atomic E-state index is 14.4. The number of carbonyl (C=O) groups is 2. The predicted molar refractivity (Wildman–Crippen MR) is 99.3 cm³/mol. The summed E-state index contributed by atoms with van der Waals surface area (Å²) in [5.41, 5.74) is 1.77. The van der Waals surface area contributed by atoms with E-state index in [1.165, 1.54) is 0 Å². The minimum absolute atomic E-state index is 0.218. The first-order valence-corrected chi connectivity index (χ1v) is 8.95. The van der Waals surface area contributed by atoms with Crippen LogP contribution in [-0.4, -0.2) is 43.0 Å². The molecule has 7 heteroatoms. The molecule has 144 valence electrons. The number of aryl methyl sites for hydroxylation is 1. The first-order chi connectivity index (χ1) is 13.5. The van der Waals surface area contributed by atoms with Crippen LogP contribution in [0.5, 0.6) is 0 Å². The highest BCUT2D eigenvalue weighted by Crippen LogP contribution is 2.36. The summed E-state index contributed by atoms with van der Waals surface area (Å²) < 4.78 is 33.0. The van der Waals surface area contributed by atoms with Gasteiger partial charge in [-0.1, -0.05) is 29.8 Å². The second-order valence-electron chi connectivity index (χ2n) is 6.73. The molecule has 2 aliphatic rings. The third kappa shape index (κ3) is 3.07. The molecule has 2 aromatic rings. The fourth-order valence-corrected chi connectivity index (χ4v) is 3.46. The number of halogens is 2. The number of ether oxygens (including phenoxy) is 1. The van der Waals surface area contributed by atoms with Crippen LogP contribution in [0.15, 0.2) is 48.2 Å². The van der Waals surface area contributed by atoms with E-state index in [4.69, 9.17) is 4.74 Å². The van der Waals surface area contributed by atoms with E-state index in [-0.39, 0.29) is 17.0 Å². The Kier molecular flexibility index (Phi) is 4.68.